The van der Waals surface area contributed by atoms with Crippen molar-refractivity contribution in [3.63, 3.8) is 0 Å². The summed E-state index contributed by atoms with van der Waals surface area (Å²) in [5.74, 6) is 0.694. The van der Waals surface area contributed by atoms with Crippen LogP contribution in [0.4, 0.5) is 11.6 Å². The summed E-state index contributed by atoms with van der Waals surface area (Å²) in [7, 11) is 0. The van der Waals surface area contributed by atoms with Crippen LogP contribution in [0.3, 0.4) is 0 Å². The molecule has 0 aliphatic rings. The Morgan fingerprint density at radius 2 is 1.50 bits per heavy atom. The van der Waals surface area contributed by atoms with E-state index in [0.29, 0.717) is 28.6 Å². The zero-order valence-corrected chi connectivity index (χ0v) is 11.7. The molecule has 2 aromatic heterocycles. The van der Waals surface area contributed by atoms with Crippen LogP contribution in [0.5, 0.6) is 0 Å². The lowest BCUT2D eigenvalue weighted by atomic mass is 10.2. The normalized spacial score (nSPS) is 10.2. The van der Waals surface area contributed by atoms with E-state index in [2.05, 4.69) is 15.3 Å². The molecule has 0 bridgehead atoms. The van der Waals surface area contributed by atoms with Gasteiger partial charge in [0.2, 0.25) is 0 Å². The number of benzene rings is 1. The molecule has 3 rings (SSSR count). The number of nitrogens with zero attached hydrogens (tertiary/aromatic N) is 2. The topological polar surface area (TPSA) is 80.9 Å². The molecular weight excluding hydrogens is 276 g/mol. The quantitative estimate of drug-likeness (QED) is 0.777. The minimum Gasteiger partial charge on any atom is -0.384 e. The Kier molecular flexibility index (Phi) is 3.78. The van der Waals surface area contributed by atoms with Crippen molar-refractivity contribution in [3.8, 4) is 11.4 Å². The second-order valence-corrected chi connectivity index (χ2v) is 4.68. The predicted octanol–water partition coefficient (Wildman–Crippen LogP) is 2.98. The van der Waals surface area contributed by atoms with E-state index < -0.39 is 0 Å². The fraction of sp³-hybridized carbons (Fsp3) is 0. The van der Waals surface area contributed by atoms with E-state index in [4.69, 9.17) is 5.73 Å². The number of anilines is 2. The minimum absolute atomic E-state index is 0.203. The molecule has 0 fully saturated rings. The zero-order valence-electron chi connectivity index (χ0n) is 11.7. The average molecular weight is 290 g/mol. The van der Waals surface area contributed by atoms with Gasteiger partial charge in [-0.15, -0.1) is 0 Å². The number of nitrogens with two attached hydrogens (primary N) is 1. The van der Waals surface area contributed by atoms with Gasteiger partial charge in [-0.05, 0) is 36.4 Å². The number of nitrogens with one attached hydrogen (secondary N) is 1. The zero-order chi connectivity index (χ0) is 15.4. The Bertz CT molecular complexity index is 803. The summed E-state index contributed by atoms with van der Waals surface area (Å²) in [6.45, 7) is 0. The average Bonchev–Trinajstić information content (AvgIpc) is 2.56. The summed E-state index contributed by atoms with van der Waals surface area (Å²) >= 11 is 0. The molecule has 2 heterocycles. The Hall–Kier alpha value is -3.21. The highest BCUT2D eigenvalue weighted by atomic mass is 16.1. The molecule has 0 saturated carbocycles. The number of amides is 1. The molecule has 5 heteroatoms. The first kappa shape index (κ1) is 13.8. The first-order valence-corrected chi connectivity index (χ1v) is 6.79. The molecular formula is C17H14N4O. The van der Waals surface area contributed by atoms with Gasteiger partial charge in [0.25, 0.3) is 5.91 Å². The fourth-order valence-electron chi connectivity index (χ4n) is 2.02. The fourth-order valence-corrected chi connectivity index (χ4v) is 2.02. The second kappa shape index (κ2) is 6.05. The monoisotopic (exact) mass is 290 g/mol. The van der Waals surface area contributed by atoms with Gasteiger partial charge in [-0.3, -0.25) is 4.79 Å². The van der Waals surface area contributed by atoms with Crippen LogP contribution in [-0.4, -0.2) is 15.9 Å². The van der Waals surface area contributed by atoms with Crippen molar-refractivity contribution in [1.82, 2.24) is 9.97 Å². The van der Waals surface area contributed by atoms with E-state index in [-0.39, 0.29) is 5.91 Å². The summed E-state index contributed by atoms with van der Waals surface area (Å²) < 4.78 is 0. The number of pyridine rings is 2. The number of aromatic nitrogens is 2. The lowest BCUT2D eigenvalue weighted by Gasteiger charge is -2.06. The first-order valence-electron chi connectivity index (χ1n) is 6.79. The number of nitrogen functional groups attached to an aromatic ring is 1. The van der Waals surface area contributed by atoms with E-state index in [1.54, 1.807) is 24.3 Å². The van der Waals surface area contributed by atoms with Crippen molar-refractivity contribution >= 4 is 17.5 Å². The summed E-state index contributed by atoms with van der Waals surface area (Å²) in [6, 6.07) is 19.7. The number of carbonyl (C=O) groups is 1. The van der Waals surface area contributed by atoms with Gasteiger partial charge in [-0.1, -0.05) is 30.3 Å². The van der Waals surface area contributed by atoms with Crippen LogP contribution in [-0.2, 0) is 0 Å². The van der Waals surface area contributed by atoms with E-state index in [1.165, 1.54) is 0 Å². The minimum atomic E-state index is -0.203. The molecule has 0 atom stereocenters. The van der Waals surface area contributed by atoms with Gasteiger partial charge >= 0.3 is 0 Å². The number of hydrogen-bond acceptors (Lipinski definition) is 4. The van der Waals surface area contributed by atoms with Crippen LogP contribution in [0, 0.1) is 0 Å². The van der Waals surface area contributed by atoms with Crippen LogP contribution < -0.4 is 11.1 Å². The molecule has 0 spiro atoms. The SMILES string of the molecule is Nc1cccc(-c2cccc(NC(=O)c3ccccc3)n2)n1. The van der Waals surface area contributed by atoms with Gasteiger partial charge in [0.15, 0.2) is 0 Å². The molecule has 22 heavy (non-hydrogen) atoms. The Balaban J connectivity index is 1.84. The van der Waals surface area contributed by atoms with E-state index in [9.17, 15) is 4.79 Å². The Morgan fingerprint density at radius 3 is 2.23 bits per heavy atom. The lowest BCUT2D eigenvalue weighted by Crippen LogP contribution is -2.12. The van der Waals surface area contributed by atoms with Crippen molar-refractivity contribution in [2.24, 2.45) is 0 Å². The second-order valence-electron chi connectivity index (χ2n) is 4.68. The van der Waals surface area contributed by atoms with Crippen molar-refractivity contribution in [3.05, 3.63) is 72.3 Å². The number of rotatable bonds is 3. The van der Waals surface area contributed by atoms with Gasteiger partial charge in [0, 0.05) is 5.56 Å². The summed E-state index contributed by atoms with van der Waals surface area (Å²) in [4.78, 5) is 20.8. The Morgan fingerprint density at radius 1 is 0.818 bits per heavy atom. The van der Waals surface area contributed by atoms with Crippen molar-refractivity contribution in [1.29, 1.82) is 0 Å². The molecule has 3 aromatic rings. The summed E-state index contributed by atoms with van der Waals surface area (Å²) in [5, 5.41) is 2.77. The summed E-state index contributed by atoms with van der Waals surface area (Å²) in [6.07, 6.45) is 0. The lowest BCUT2D eigenvalue weighted by molar-refractivity contribution is 0.102. The molecule has 0 aliphatic heterocycles. The highest BCUT2D eigenvalue weighted by molar-refractivity contribution is 6.03. The van der Waals surface area contributed by atoms with Gasteiger partial charge in [-0.2, -0.15) is 0 Å². The van der Waals surface area contributed by atoms with Crippen LogP contribution in [0.2, 0.25) is 0 Å². The van der Waals surface area contributed by atoms with Crippen LogP contribution in [0.15, 0.2) is 66.7 Å². The third kappa shape index (κ3) is 3.09. The standard InChI is InChI=1S/C17H14N4O/c18-15-10-4-8-13(19-15)14-9-5-11-16(20-14)21-17(22)12-6-2-1-3-7-12/h1-11H,(H2,18,19)(H,20,21,22). The molecule has 1 amide bonds. The Labute approximate surface area is 127 Å². The maximum atomic E-state index is 12.1. The van der Waals surface area contributed by atoms with Crippen LogP contribution >= 0.6 is 0 Å². The van der Waals surface area contributed by atoms with E-state index in [0.717, 1.165) is 0 Å². The first-order chi connectivity index (χ1) is 10.7. The third-order valence-corrected chi connectivity index (χ3v) is 3.06. The summed E-state index contributed by atoms with van der Waals surface area (Å²) in [5.41, 5.74) is 7.58. The molecule has 108 valence electrons. The number of hydrogen-bond donors (Lipinski definition) is 2. The molecule has 0 aliphatic carbocycles. The molecule has 3 N–H and O–H groups in total. The highest BCUT2D eigenvalue weighted by Gasteiger charge is 2.07. The predicted molar refractivity (Wildman–Crippen MR) is 86.3 cm³/mol. The van der Waals surface area contributed by atoms with Gasteiger partial charge in [-0.25, -0.2) is 9.97 Å². The maximum Gasteiger partial charge on any atom is 0.256 e. The molecule has 1 aromatic carbocycles. The van der Waals surface area contributed by atoms with Gasteiger partial charge < -0.3 is 11.1 Å². The molecule has 0 unspecified atom stereocenters. The van der Waals surface area contributed by atoms with Crippen molar-refractivity contribution in [2.45, 2.75) is 0 Å². The van der Waals surface area contributed by atoms with E-state index in [1.807, 2.05) is 42.5 Å². The molecule has 0 radical (unpaired) electrons. The highest BCUT2D eigenvalue weighted by Crippen LogP contribution is 2.18. The largest absolute Gasteiger partial charge is 0.384 e. The van der Waals surface area contributed by atoms with Crippen LogP contribution in [0.25, 0.3) is 11.4 Å². The van der Waals surface area contributed by atoms with Crippen LogP contribution in [0.1, 0.15) is 10.4 Å². The maximum absolute atomic E-state index is 12.1. The smallest absolute Gasteiger partial charge is 0.256 e. The van der Waals surface area contributed by atoms with Crippen molar-refractivity contribution < 1.29 is 4.79 Å². The van der Waals surface area contributed by atoms with E-state index >= 15 is 0 Å². The van der Waals surface area contributed by atoms with Gasteiger partial charge in [0.05, 0.1) is 11.4 Å². The molecule has 5 nitrogen and oxygen atoms in total. The number of carbonyl (C=O) groups excluding carboxylic acids is 1. The molecule has 0 saturated heterocycles. The van der Waals surface area contributed by atoms with Gasteiger partial charge in [0.1, 0.15) is 11.6 Å². The van der Waals surface area contributed by atoms with Crippen molar-refractivity contribution in [2.75, 3.05) is 11.1 Å². The third-order valence-electron chi connectivity index (χ3n) is 3.06.